The largest absolute Gasteiger partial charge is 0.481 e. The number of thioether (sulfide) groups is 1. The first-order valence-electron chi connectivity index (χ1n) is 5.12. The fourth-order valence-electron chi connectivity index (χ4n) is 1.35. The molecule has 0 aliphatic carbocycles. The standard InChI is InChI=1S/C11H11N3O2S2/c12-10-8(3-7-1-2-17-5-7)4-13-11(14-10)18-6-9(15)16/h1-2,4-5H,3,6H2,(H,15,16)(H2,12,13,14). The van der Waals surface area contributed by atoms with Crippen molar-refractivity contribution in [3.63, 3.8) is 0 Å². The monoisotopic (exact) mass is 281 g/mol. The van der Waals surface area contributed by atoms with Crippen molar-refractivity contribution >= 4 is 34.9 Å². The van der Waals surface area contributed by atoms with Crippen molar-refractivity contribution < 1.29 is 9.90 Å². The number of carbonyl (C=O) groups is 1. The van der Waals surface area contributed by atoms with Crippen molar-refractivity contribution in [2.24, 2.45) is 0 Å². The Morgan fingerprint density at radius 2 is 2.39 bits per heavy atom. The molecule has 2 aromatic heterocycles. The summed E-state index contributed by atoms with van der Waals surface area (Å²) in [6.07, 6.45) is 2.35. The fourth-order valence-corrected chi connectivity index (χ4v) is 2.56. The van der Waals surface area contributed by atoms with E-state index in [9.17, 15) is 4.79 Å². The number of hydrogen-bond acceptors (Lipinski definition) is 6. The first kappa shape index (κ1) is 12.8. The molecule has 2 aromatic rings. The smallest absolute Gasteiger partial charge is 0.313 e. The van der Waals surface area contributed by atoms with E-state index in [0.717, 1.165) is 17.3 Å². The second kappa shape index (κ2) is 5.83. The molecule has 2 heterocycles. The Balaban J connectivity index is 2.07. The van der Waals surface area contributed by atoms with Gasteiger partial charge >= 0.3 is 5.97 Å². The van der Waals surface area contributed by atoms with Crippen LogP contribution in [0.15, 0.2) is 28.2 Å². The van der Waals surface area contributed by atoms with Gasteiger partial charge in [-0.05, 0) is 22.4 Å². The van der Waals surface area contributed by atoms with E-state index in [-0.39, 0.29) is 5.75 Å². The molecule has 0 saturated carbocycles. The van der Waals surface area contributed by atoms with Crippen LogP contribution in [0, 0.1) is 0 Å². The molecule has 0 atom stereocenters. The van der Waals surface area contributed by atoms with Gasteiger partial charge in [0.2, 0.25) is 0 Å². The van der Waals surface area contributed by atoms with Crippen LogP contribution < -0.4 is 5.73 Å². The van der Waals surface area contributed by atoms with Gasteiger partial charge in [0, 0.05) is 18.2 Å². The molecular formula is C11H11N3O2S2. The molecule has 7 heteroatoms. The minimum Gasteiger partial charge on any atom is -0.481 e. The molecule has 0 bridgehead atoms. The summed E-state index contributed by atoms with van der Waals surface area (Å²) in [6, 6.07) is 2.02. The number of carboxylic acids is 1. The zero-order valence-corrected chi connectivity index (χ0v) is 11.0. The highest BCUT2D eigenvalue weighted by molar-refractivity contribution is 7.99. The first-order valence-corrected chi connectivity index (χ1v) is 7.05. The highest BCUT2D eigenvalue weighted by Crippen LogP contribution is 2.19. The van der Waals surface area contributed by atoms with Gasteiger partial charge < -0.3 is 10.8 Å². The molecule has 18 heavy (non-hydrogen) atoms. The number of rotatable bonds is 5. The Morgan fingerprint density at radius 1 is 1.56 bits per heavy atom. The summed E-state index contributed by atoms with van der Waals surface area (Å²) in [6.45, 7) is 0. The minimum atomic E-state index is -0.899. The Kier molecular flexibility index (Phi) is 4.16. The van der Waals surface area contributed by atoms with E-state index in [4.69, 9.17) is 10.8 Å². The van der Waals surface area contributed by atoms with Gasteiger partial charge in [-0.25, -0.2) is 9.97 Å². The molecular weight excluding hydrogens is 270 g/mol. The van der Waals surface area contributed by atoms with Gasteiger partial charge in [-0.3, -0.25) is 4.79 Å². The normalized spacial score (nSPS) is 10.4. The topological polar surface area (TPSA) is 89.1 Å². The van der Waals surface area contributed by atoms with Gasteiger partial charge in [0.15, 0.2) is 5.16 Å². The van der Waals surface area contributed by atoms with Crippen LogP contribution >= 0.6 is 23.1 Å². The number of nitrogen functional groups attached to an aromatic ring is 1. The van der Waals surface area contributed by atoms with E-state index < -0.39 is 5.97 Å². The third kappa shape index (κ3) is 3.44. The molecule has 0 saturated heterocycles. The maximum absolute atomic E-state index is 10.4. The third-order valence-corrected chi connectivity index (χ3v) is 3.75. The predicted octanol–water partition coefficient (Wildman–Crippen LogP) is 1.89. The lowest BCUT2D eigenvalue weighted by molar-refractivity contribution is -0.133. The summed E-state index contributed by atoms with van der Waals surface area (Å²) in [5.74, 6) is -0.558. The zero-order valence-electron chi connectivity index (χ0n) is 9.37. The SMILES string of the molecule is Nc1nc(SCC(=O)O)ncc1Cc1ccsc1. The van der Waals surface area contributed by atoms with Crippen molar-refractivity contribution in [3.8, 4) is 0 Å². The highest BCUT2D eigenvalue weighted by atomic mass is 32.2. The van der Waals surface area contributed by atoms with Crippen LogP contribution in [0.25, 0.3) is 0 Å². The summed E-state index contributed by atoms with van der Waals surface area (Å²) in [5, 5.41) is 13.0. The average molecular weight is 281 g/mol. The van der Waals surface area contributed by atoms with Crippen molar-refractivity contribution in [2.45, 2.75) is 11.6 Å². The second-order valence-electron chi connectivity index (χ2n) is 3.55. The number of thiophene rings is 1. The van der Waals surface area contributed by atoms with Gasteiger partial charge in [0.05, 0.1) is 5.75 Å². The van der Waals surface area contributed by atoms with Gasteiger partial charge in [0.1, 0.15) is 5.82 Å². The van der Waals surface area contributed by atoms with Crippen LogP contribution in [-0.4, -0.2) is 26.8 Å². The molecule has 5 nitrogen and oxygen atoms in total. The van der Waals surface area contributed by atoms with Gasteiger partial charge in [0.25, 0.3) is 0 Å². The molecule has 0 unspecified atom stereocenters. The molecule has 0 spiro atoms. The van der Waals surface area contributed by atoms with Gasteiger partial charge in [-0.15, -0.1) is 0 Å². The van der Waals surface area contributed by atoms with Crippen LogP contribution in [0.2, 0.25) is 0 Å². The Bertz CT molecular complexity index is 543. The summed E-state index contributed by atoms with van der Waals surface area (Å²) in [4.78, 5) is 18.6. The number of aliphatic carboxylic acids is 1. The summed E-state index contributed by atoms with van der Waals surface area (Å²) in [7, 11) is 0. The van der Waals surface area contributed by atoms with E-state index in [1.54, 1.807) is 17.5 Å². The lowest BCUT2D eigenvalue weighted by Crippen LogP contribution is -2.03. The molecule has 0 aliphatic heterocycles. The predicted molar refractivity (Wildman–Crippen MR) is 71.9 cm³/mol. The summed E-state index contributed by atoms with van der Waals surface area (Å²) >= 11 is 2.69. The molecule has 0 aromatic carbocycles. The van der Waals surface area contributed by atoms with E-state index in [2.05, 4.69) is 9.97 Å². The molecule has 3 N–H and O–H groups in total. The first-order chi connectivity index (χ1) is 8.65. The number of nitrogens with zero attached hydrogens (tertiary/aromatic N) is 2. The minimum absolute atomic E-state index is 0.0662. The zero-order chi connectivity index (χ0) is 13.0. The third-order valence-electron chi connectivity index (χ3n) is 2.18. The molecule has 94 valence electrons. The van der Waals surface area contributed by atoms with E-state index in [1.807, 2.05) is 16.8 Å². The van der Waals surface area contributed by atoms with Gasteiger partial charge in [-0.2, -0.15) is 11.3 Å². The molecule has 2 rings (SSSR count). The van der Waals surface area contributed by atoms with E-state index in [1.165, 1.54) is 5.56 Å². The Hall–Kier alpha value is -1.60. The summed E-state index contributed by atoms with van der Waals surface area (Å²) in [5.41, 5.74) is 7.86. The fraction of sp³-hybridized carbons (Fsp3) is 0.182. The highest BCUT2D eigenvalue weighted by Gasteiger charge is 2.07. The maximum Gasteiger partial charge on any atom is 0.313 e. The molecule has 0 amide bonds. The Morgan fingerprint density at radius 3 is 3.00 bits per heavy atom. The van der Waals surface area contributed by atoms with Crippen molar-refractivity contribution in [1.82, 2.24) is 9.97 Å². The van der Waals surface area contributed by atoms with Crippen molar-refractivity contribution in [2.75, 3.05) is 11.5 Å². The number of anilines is 1. The van der Waals surface area contributed by atoms with Crippen molar-refractivity contribution in [3.05, 3.63) is 34.2 Å². The molecule has 0 radical (unpaired) electrons. The van der Waals surface area contributed by atoms with E-state index in [0.29, 0.717) is 17.4 Å². The molecule has 0 aliphatic rings. The second-order valence-corrected chi connectivity index (χ2v) is 5.28. The summed E-state index contributed by atoms with van der Waals surface area (Å²) < 4.78 is 0. The lowest BCUT2D eigenvalue weighted by atomic mass is 10.1. The number of aromatic nitrogens is 2. The number of carboxylic acid groups (broad SMARTS) is 1. The van der Waals surface area contributed by atoms with Crippen molar-refractivity contribution in [1.29, 1.82) is 0 Å². The maximum atomic E-state index is 10.4. The van der Waals surface area contributed by atoms with Gasteiger partial charge in [-0.1, -0.05) is 11.8 Å². The lowest BCUT2D eigenvalue weighted by Gasteiger charge is -2.04. The number of nitrogens with two attached hydrogens (primary N) is 1. The van der Waals surface area contributed by atoms with Crippen LogP contribution in [-0.2, 0) is 11.2 Å². The van der Waals surface area contributed by atoms with E-state index >= 15 is 0 Å². The van der Waals surface area contributed by atoms with Crippen LogP contribution in [0.4, 0.5) is 5.82 Å². The van der Waals surface area contributed by atoms with Crippen LogP contribution in [0.3, 0.4) is 0 Å². The average Bonchev–Trinajstić information content (AvgIpc) is 2.82. The van der Waals surface area contributed by atoms with Crippen LogP contribution in [0.5, 0.6) is 0 Å². The molecule has 0 fully saturated rings. The quantitative estimate of drug-likeness (QED) is 0.642. The number of hydrogen-bond donors (Lipinski definition) is 2. The Labute approximate surface area is 112 Å². The van der Waals surface area contributed by atoms with Crippen LogP contribution in [0.1, 0.15) is 11.1 Å².